The Morgan fingerprint density at radius 3 is 2.90 bits per heavy atom. The van der Waals surface area contributed by atoms with Crippen molar-refractivity contribution in [1.29, 1.82) is 0 Å². The summed E-state index contributed by atoms with van der Waals surface area (Å²) in [6.45, 7) is 2.00. The van der Waals surface area contributed by atoms with Gasteiger partial charge >= 0.3 is 5.97 Å². The molecular formula is C13H11BrN4O2. The van der Waals surface area contributed by atoms with Gasteiger partial charge in [-0.2, -0.15) is 0 Å². The van der Waals surface area contributed by atoms with Gasteiger partial charge in [0.15, 0.2) is 0 Å². The molecule has 0 aliphatic heterocycles. The van der Waals surface area contributed by atoms with Crippen molar-refractivity contribution < 1.29 is 9.53 Å². The van der Waals surface area contributed by atoms with Gasteiger partial charge in [0, 0.05) is 21.0 Å². The van der Waals surface area contributed by atoms with Crippen LogP contribution in [-0.4, -0.2) is 18.1 Å². The zero-order chi connectivity index (χ0) is 14.7. The molecule has 1 heterocycles. The maximum Gasteiger partial charge on any atom is 0.339 e. The van der Waals surface area contributed by atoms with Gasteiger partial charge in [-0.25, -0.2) is 4.79 Å². The molecule has 0 unspecified atom stereocenters. The van der Waals surface area contributed by atoms with Crippen LogP contribution in [0.3, 0.4) is 0 Å². The number of benzene rings is 1. The van der Waals surface area contributed by atoms with E-state index in [2.05, 4.69) is 35.7 Å². The van der Waals surface area contributed by atoms with Gasteiger partial charge in [0.1, 0.15) is 0 Å². The first kappa shape index (κ1) is 14.3. The zero-order valence-corrected chi connectivity index (χ0v) is 12.5. The minimum atomic E-state index is -0.583. The van der Waals surface area contributed by atoms with Crippen molar-refractivity contribution in [2.45, 2.75) is 13.3 Å². The molecule has 0 amide bonds. The number of esters is 1. The van der Waals surface area contributed by atoms with Crippen molar-refractivity contribution in [3.8, 4) is 0 Å². The lowest BCUT2D eigenvalue weighted by Crippen LogP contribution is -2.03. The maximum atomic E-state index is 11.7. The highest BCUT2D eigenvalue weighted by molar-refractivity contribution is 9.10. The highest BCUT2D eigenvalue weighted by Gasteiger charge is 2.16. The molecule has 0 saturated heterocycles. The summed E-state index contributed by atoms with van der Waals surface area (Å²) in [7, 11) is 1.27. The van der Waals surface area contributed by atoms with E-state index in [4.69, 9.17) is 5.53 Å². The van der Waals surface area contributed by atoms with E-state index in [0.29, 0.717) is 10.9 Å². The number of rotatable bonds is 3. The lowest BCUT2D eigenvalue weighted by Gasteiger charge is -2.10. The van der Waals surface area contributed by atoms with Gasteiger partial charge in [-0.05, 0) is 29.6 Å². The van der Waals surface area contributed by atoms with E-state index in [0.717, 1.165) is 16.5 Å². The van der Waals surface area contributed by atoms with Crippen LogP contribution in [0, 0.1) is 0 Å². The van der Waals surface area contributed by atoms with Gasteiger partial charge in [0.2, 0.25) is 0 Å². The number of azide groups is 1. The third-order valence-corrected chi connectivity index (χ3v) is 3.38. The van der Waals surface area contributed by atoms with Crippen molar-refractivity contribution in [2.75, 3.05) is 7.11 Å². The topological polar surface area (TPSA) is 88.0 Å². The number of fused-ring (bicyclic) bond motifs is 1. The molecule has 0 fully saturated rings. The summed E-state index contributed by atoms with van der Waals surface area (Å²) in [6, 6.07) is 3.73. The second-order valence-corrected chi connectivity index (χ2v) is 4.93. The molecule has 0 spiro atoms. The number of methoxy groups -OCH3 is 1. The van der Waals surface area contributed by atoms with Crippen LogP contribution in [0.15, 0.2) is 27.9 Å². The third-order valence-electron chi connectivity index (χ3n) is 2.92. The predicted octanol–water partition coefficient (Wildman–Crippen LogP) is 4.29. The second-order valence-electron chi connectivity index (χ2n) is 4.02. The molecule has 0 atom stereocenters. The fourth-order valence-corrected chi connectivity index (χ4v) is 2.51. The number of aryl methyl sites for hydroxylation is 1. The van der Waals surface area contributed by atoms with Gasteiger partial charge in [0.05, 0.1) is 23.9 Å². The summed E-state index contributed by atoms with van der Waals surface area (Å²) in [5.41, 5.74) is 10.8. The van der Waals surface area contributed by atoms with Gasteiger partial charge in [-0.15, -0.1) is 0 Å². The number of pyridine rings is 1. The zero-order valence-electron chi connectivity index (χ0n) is 10.9. The normalized spacial score (nSPS) is 10.2. The molecule has 0 bridgehead atoms. The molecular weight excluding hydrogens is 324 g/mol. The molecule has 1 aromatic carbocycles. The molecule has 1 aromatic heterocycles. The summed E-state index contributed by atoms with van der Waals surface area (Å²) >= 11 is 3.41. The Morgan fingerprint density at radius 2 is 2.30 bits per heavy atom. The summed E-state index contributed by atoms with van der Waals surface area (Å²) in [5.74, 6) is -0.583. The fraction of sp³-hybridized carbons (Fsp3) is 0.231. The lowest BCUT2D eigenvalue weighted by atomic mass is 10.0. The number of carbonyl (C=O) groups is 1. The summed E-state index contributed by atoms with van der Waals surface area (Å²) < 4.78 is 5.52. The SMILES string of the molecule is CCc1cc(Br)cc2c(N=[N+]=[N-])c(C(=O)OC)cnc12. The Kier molecular flexibility index (Phi) is 4.22. The Labute approximate surface area is 123 Å². The lowest BCUT2D eigenvalue weighted by molar-refractivity contribution is 0.0601. The molecule has 0 aliphatic rings. The van der Waals surface area contributed by atoms with Crippen LogP contribution in [-0.2, 0) is 11.2 Å². The maximum absolute atomic E-state index is 11.7. The van der Waals surface area contributed by atoms with Gasteiger partial charge < -0.3 is 4.74 Å². The monoisotopic (exact) mass is 334 g/mol. The van der Waals surface area contributed by atoms with E-state index in [9.17, 15) is 4.79 Å². The number of halogens is 1. The van der Waals surface area contributed by atoms with E-state index in [1.54, 1.807) is 6.07 Å². The largest absolute Gasteiger partial charge is 0.465 e. The van der Waals surface area contributed by atoms with Crippen molar-refractivity contribution in [2.24, 2.45) is 5.11 Å². The minimum absolute atomic E-state index is 0.151. The first-order valence-corrected chi connectivity index (χ1v) is 6.66. The average molecular weight is 335 g/mol. The van der Waals surface area contributed by atoms with Crippen molar-refractivity contribution >= 4 is 38.5 Å². The van der Waals surface area contributed by atoms with E-state index in [1.807, 2.05) is 13.0 Å². The Bertz CT molecular complexity index is 739. The van der Waals surface area contributed by atoms with Crippen LogP contribution in [0.4, 0.5) is 5.69 Å². The molecule has 0 N–H and O–H groups in total. The van der Waals surface area contributed by atoms with E-state index in [-0.39, 0.29) is 11.3 Å². The highest BCUT2D eigenvalue weighted by Crippen LogP contribution is 2.33. The van der Waals surface area contributed by atoms with Crippen LogP contribution in [0.1, 0.15) is 22.8 Å². The van der Waals surface area contributed by atoms with Crippen LogP contribution in [0.2, 0.25) is 0 Å². The fourth-order valence-electron chi connectivity index (χ4n) is 2.01. The Balaban J connectivity index is 2.91. The van der Waals surface area contributed by atoms with Crippen LogP contribution < -0.4 is 0 Å². The number of carbonyl (C=O) groups excluding carboxylic acids is 1. The van der Waals surface area contributed by atoms with Crippen LogP contribution in [0.25, 0.3) is 21.3 Å². The molecule has 0 aliphatic carbocycles. The summed E-state index contributed by atoms with van der Waals surface area (Å²) in [6.07, 6.45) is 2.15. The minimum Gasteiger partial charge on any atom is -0.465 e. The van der Waals surface area contributed by atoms with Crippen molar-refractivity contribution in [1.82, 2.24) is 4.98 Å². The molecule has 0 saturated carbocycles. The smallest absolute Gasteiger partial charge is 0.339 e. The van der Waals surface area contributed by atoms with Gasteiger partial charge in [-0.3, -0.25) is 4.98 Å². The molecule has 102 valence electrons. The first-order chi connectivity index (χ1) is 9.62. The average Bonchev–Trinajstić information content (AvgIpc) is 2.46. The summed E-state index contributed by atoms with van der Waals surface area (Å²) in [5, 5.41) is 4.26. The molecule has 0 radical (unpaired) electrons. The Morgan fingerprint density at radius 1 is 1.55 bits per heavy atom. The molecule has 7 heteroatoms. The number of hydrogen-bond donors (Lipinski definition) is 0. The van der Waals surface area contributed by atoms with Gasteiger partial charge in [-0.1, -0.05) is 28.0 Å². The van der Waals surface area contributed by atoms with E-state index in [1.165, 1.54) is 13.3 Å². The standard InChI is InChI=1S/C13H11BrN4O2/c1-3-7-4-8(14)5-9-11(7)16-6-10(13(19)20-2)12(9)17-18-15/h4-6H,3H2,1-2H3. The van der Waals surface area contributed by atoms with Crippen LogP contribution >= 0.6 is 15.9 Å². The summed E-state index contributed by atoms with van der Waals surface area (Å²) in [4.78, 5) is 18.8. The molecule has 2 aromatic rings. The van der Waals surface area contributed by atoms with Gasteiger partial charge in [0.25, 0.3) is 0 Å². The number of aromatic nitrogens is 1. The predicted molar refractivity (Wildman–Crippen MR) is 79.0 cm³/mol. The second kappa shape index (κ2) is 5.90. The number of ether oxygens (including phenoxy) is 1. The van der Waals surface area contributed by atoms with Crippen LogP contribution in [0.5, 0.6) is 0 Å². The Hall–Kier alpha value is -2.11. The quantitative estimate of drug-likeness (QED) is 0.363. The van der Waals surface area contributed by atoms with Crippen molar-refractivity contribution in [3.63, 3.8) is 0 Å². The number of nitrogens with zero attached hydrogens (tertiary/aromatic N) is 4. The van der Waals surface area contributed by atoms with Crippen molar-refractivity contribution in [3.05, 3.63) is 44.4 Å². The molecule has 6 nitrogen and oxygen atoms in total. The van der Waals surface area contributed by atoms with E-state index < -0.39 is 5.97 Å². The first-order valence-electron chi connectivity index (χ1n) is 5.86. The third kappa shape index (κ3) is 2.45. The molecule has 20 heavy (non-hydrogen) atoms. The van der Waals surface area contributed by atoms with E-state index >= 15 is 0 Å². The number of hydrogen-bond acceptors (Lipinski definition) is 4. The molecule has 2 rings (SSSR count). The highest BCUT2D eigenvalue weighted by atomic mass is 79.9.